The summed E-state index contributed by atoms with van der Waals surface area (Å²) in [6.45, 7) is 1.97. The Balaban J connectivity index is 2.00. The Morgan fingerprint density at radius 3 is 2.30 bits per heavy atom. The van der Waals surface area contributed by atoms with Crippen molar-refractivity contribution in [3.63, 3.8) is 0 Å². The van der Waals surface area contributed by atoms with Crippen LogP contribution in [0, 0.1) is 5.82 Å². The molecule has 0 heterocycles. The lowest BCUT2D eigenvalue weighted by Crippen LogP contribution is -2.17. The molecule has 2 rings (SSSR count). The van der Waals surface area contributed by atoms with E-state index in [-0.39, 0.29) is 5.82 Å². The Bertz CT molecular complexity index is 569. The second-order valence-corrected chi connectivity index (χ2v) is 5.34. The zero-order valence-electron chi connectivity index (χ0n) is 11.4. The molecule has 0 aliphatic heterocycles. The minimum atomic E-state index is -0.211. The molecule has 0 spiro atoms. The molecular weight excluding hydrogens is 275 g/mol. The van der Waals surface area contributed by atoms with Gasteiger partial charge < -0.3 is 5.73 Å². The minimum absolute atomic E-state index is 0.211. The molecule has 0 aliphatic rings. The third-order valence-corrected chi connectivity index (χ3v) is 3.51. The van der Waals surface area contributed by atoms with Crippen molar-refractivity contribution in [1.29, 1.82) is 0 Å². The van der Waals surface area contributed by atoms with E-state index in [4.69, 9.17) is 17.3 Å². The third-order valence-electron chi connectivity index (χ3n) is 3.16. The van der Waals surface area contributed by atoms with Gasteiger partial charge in [0.1, 0.15) is 5.82 Å². The predicted molar refractivity (Wildman–Crippen MR) is 80.9 cm³/mol. The molecule has 0 aromatic heterocycles. The molecule has 0 aliphatic carbocycles. The van der Waals surface area contributed by atoms with Crippen LogP contribution >= 0.6 is 11.6 Å². The van der Waals surface area contributed by atoms with Crippen LogP contribution in [0.15, 0.2) is 42.5 Å². The summed E-state index contributed by atoms with van der Waals surface area (Å²) in [5, 5.41) is 0.735. The van der Waals surface area contributed by atoms with Crippen molar-refractivity contribution in [2.45, 2.75) is 19.6 Å². The van der Waals surface area contributed by atoms with E-state index in [1.54, 1.807) is 12.1 Å². The van der Waals surface area contributed by atoms with E-state index >= 15 is 0 Å². The summed E-state index contributed by atoms with van der Waals surface area (Å²) in [6.07, 6.45) is 0. The van der Waals surface area contributed by atoms with Crippen LogP contribution in [0.3, 0.4) is 0 Å². The highest BCUT2D eigenvalue weighted by Crippen LogP contribution is 2.20. The lowest BCUT2D eigenvalue weighted by Gasteiger charge is -2.18. The summed E-state index contributed by atoms with van der Waals surface area (Å²) >= 11 is 6.24. The van der Waals surface area contributed by atoms with Gasteiger partial charge in [0.15, 0.2) is 0 Å². The van der Waals surface area contributed by atoms with Crippen LogP contribution in [0.4, 0.5) is 4.39 Å². The Kier molecular flexibility index (Phi) is 5.12. The molecule has 0 amide bonds. The molecule has 2 N–H and O–H groups in total. The van der Waals surface area contributed by atoms with Gasteiger partial charge in [0, 0.05) is 24.7 Å². The first-order valence-electron chi connectivity index (χ1n) is 6.49. The van der Waals surface area contributed by atoms with E-state index in [2.05, 4.69) is 4.90 Å². The van der Waals surface area contributed by atoms with Crippen LogP contribution in [0.1, 0.15) is 16.7 Å². The van der Waals surface area contributed by atoms with Crippen molar-refractivity contribution >= 4 is 11.6 Å². The molecule has 2 nitrogen and oxygen atoms in total. The van der Waals surface area contributed by atoms with Gasteiger partial charge in [0.2, 0.25) is 0 Å². The fraction of sp³-hybridized carbons (Fsp3) is 0.250. The maximum absolute atomic E-state index is 12.9. The van der Waals surface area contributed by atoms with Crippen molar-refractivity contribution < 1.29 is 4.39 Å². The Hall–Kier alpha value is -1.42. The fourth-order valence-electron chi connectivity index (χ4n) is 2.09. The minimum Gasteiger partial charge on any atom is -0.326 e. The Morgan fingerprint density at radius 2 is 1.70 bits per heavy atom. The zero-order valence-corrected chi connectivity index (χ0v) is 12.2. The van der Waals surface area contributed by atoms with Crippen LogP contribution < -0.4 is 5.73 Å². The lowest BCUT2D eigenvalue weighted by molar-refractivity contribution is 0.319. The SMILES string of the molecule is CN(Cc1ccc(F)cc1)Cc1ccc(CN)cc1Cl. The molecule has 0 fully saturated rings. The van der Waals surface area contributed by atoms with Crippen LogP contribution in [-0.2, 0) is 19.6 Å². The highest BCUT2D eigenvalue weighted by molar-refractivity contribution is 6.31. The molecule has 0 radical (unpaired) electrons. The van der Waals surface area contributed by atoms with Crippen molar-refractivity contribution in [1.82, 2.24) is 4.90 Å². The van der Waals surface area contributed by atoms with Gasteiger partial charge in [-0.1, -0.05) is 35.9 Å². The van der Waals surface area contributed by atoms with Gasteiger partial charge in [-0.05, 0) is 41.9 Å². The summed E-state index contributed by atoms with van der Waals surface area (Å²) in [4.78, 5) is 2.14. The number of halogens is 2. The maximum Gasteiger partial charge on any atom is 0.123 e. The molecule has 0 saturated heterocycles. The quantitative estimate of drug-likeness (QED) is 0.913. The highest BCUT2D eigenvalue weighted by Gasteiger charge is 2.06. The molecular formula is C16H18ClFN2. The standard InChI is InChI=1S/C16H18ClFN2/c1-20(10-12-3-6-15(18)7-4-12)11-14-5-2-13(9-19)8-16(14)17/h2-8H,9-11,19H2,1H3. The topological polar surface area (TPSA) is 29.3 Å². The van der Waals surface area contributed by atoms with E-state index in [0.29, 0.717) is 6.54 Å². The molecule has 0 bridgehead atoms. The first kappa shape index (κ1) is 15.0. The number of hydrogen-bond donors (Lipinski definition) is 1. The molecule has 0 unspecified atom stereocenters. The van der Waals surface area contributed by atoms with Gasteiger partial charge >= 0.3 is 0 Å². The fourth-order valence-corrected chi connectivity index (χ4v) is 2.36. The van der Waals surface area contributed by atoms with Crippen molar-refractivity contribution in [3.05, 3.63) is 70.0 Å². The van der Waals surface area contributed by atoms with E-state index in [9.17, 15) is 4.39 Å². The first-order chi connectivity index (χ1) is 9.58. The molecule has 20 heavy (non-hydrogen) atoms. The number of benzene rings is 2. The normalized spacial score (nSPS) is 11.1. The third kappa shape index (κ3) is 4.04. The molecule has 4 heteroatoms. The molecule has 0 saturated carbocycles. The largest absolute Gasteiger partial charge is 0.326 e. The number of nitrogens with zero attached hydrogens (tertiary/aromatic N) is 1. The first-order valence-corrected chi connectivity index (χ1v) is 6.86. The van der Waals surface area contributed by atoms with E-state index in [1.807, 2.05) is 25.2 Å². The van der Waals surface area contributed by atoms with E-state index < -0.39 is 0 Å². The van der Waals surface area contributed by atoms with Crippen molar-refractivity contribution in [2.75, 3.05) is 7.05 Å². The Labute approximate surface area is 124 Å². The molecule has 2 aromatic carbocycles. The number of nitrogens with two attached hydrogens (primary N) is 1. The molecule has 106 valence electrons. The summed E-state index contributed by atoms with van der Waals surface area (Å²) in [5.41, 5.74) is 8.75. The summed E-state index contributed by atoms with van der Waals surface area (Å²) in [5.74, 6) is -0.211. The highest BCUT2D eigenvalue weighted by atomic mass is 35.5. The number of hydrogen-bond acceptors (Lipinski definition) is 2. The average molecular weight is 293 g/mol. The maximum atomic E-state index is 12.9. The van der Waals surface area contributed by atoms with Gasteiger partial charge in [-0.3, -0.25) is 4.90 Å². The smallest absolute Gasteiger partial charge is 0.123 e. The van der Waals surface area contributed by atoms with Crippen LogP contribution in [0.25, 0.3) is 0 Å². The van der Waals surface area contributed by atoms with Gasteiger partial charge in [-0.25, -0.2) is 4.39 Å². The predicted octanol–water partition coefficient (Wildman–Crippen LogP) is 3.57. The zero-order chi connectivity index (χ0) is 14.5. The van der Waals surface area contributed by atoms with Gasteiger partial charge in [-0.2, -0.15) is 0 Å². The lowest BCUT2D eigenvalue weighted by atomic mass is 10.1. The van der Waals surface area contributed by atoms with E-state index in [0.717, 1.165) is 34.8 Å². The molecule has 2 aromatic rings. The van der Waals surface area contributed by atoms with Gasteiger partial charge in [0.25, 0.3) is 0 Å². The van der Waals surface area contributed by atoms with E-state index in [1.165, 1.54) is 12.1 Å². The summed E-state index contributed by atoms with van der Waals surface area (Å²) < 4.78 is 12.9. The van der Waals surface area contributed by atoms with Crippen LogP contribution in [0.2, 0.25) is 5.02 Å². The number of rotatable bonds is 5. The monoisotopic (exact) mass is 292 g/mol. The Morgan fingerprint density at radius 1 is 1.05 bits per heavy atom. The average Bonchev–Trinajstić information content (AvgIpc) is 2.43. The van der Waals surface area contributed by atoms with Crippen LogP contribution in [-0.4, -0.2) is 11.9 Å². The van der Waals surface area contributed by atoms with Crippen molar-refractivity contribution in [2.24, 2.45) is 5.73 Å². The second kappa shape index (κ2) is 6.84. The summed E-state index contributed by atoms with van der Waals surface area (Å²) in [7, 11) is 2.01. The second-order valence-electron chi connectivity index (χ2n) is 4.93. The van der Waals surface area contributed by atoms with Gasteiger partial charge in [0.05, 0.1) is 0 Å². The van der Waals surface area contributed by atoms with Crippen LogP contribution in [0.5, 0.6) is 0 Å². The van der Waals surface area contributed by atoms with Gasteiger partial charge in [-0.15, -0.1) is 0 Å². The summed E-state index contributed by atoms with van der Waals surface area (Å²) in [6, 6.07) is 12.5. The van der Waals surface area contributed by atoms with Crippen molar-refractivity contribution in [3.8, 4) is 0 Å². The molecule has 0 atom stereocenters.